The van der Waals surface area contributed by atoms with Gasteiger partial charge in [0.2, 0.25) is 5.75 Å². The third kappa shape index (κ3) is 2.95. The van der Waals surface area contributed by atoms with E-state index in [0.717, 1.165) is 22.6 Å². The van der Waals surface area contributed by atoms with Crippen LogP contribution in [0, 0.1) is 13.8 Å². The fourth-order valence-electron chi connectivity index (χ4n) is 3.16. The van der Waals surface area contributed by atoms with Gasteiger partial charge in [0.1, 0.15) is 0 Å². The fraction of sp³-hybridized carbons (Fsp3) is 0.238. The first kappa shape index (κ1) is 17.0. The number of ether oxygens (including phenoxy) is 3. The Morgan fingerprint density at radius 2 is 1.52 bits per heavy atom. The minimum Gasteiger partial charge on any atom is -0.493 e. The molecule has 2 aromatic carbocycles. The van der Waals surface area contributed by atoms with E-state index in [-0.39, 0.29) is 0 Å². The molecule has 0 radical (unpaired) electrons. The lowest BCUT2D eigenvalue weighted by Crippen LogP contribution is -2.02. The van der Waals surface area contributed by atoms with Crippen molar-refractivity contribution in [2.45, 2.75) is 13.8 Å². The molecule has 0 aliphatic heterocycles. The van der Waals surface area contributed by atoms with Gasteiger partial charge in [0, 0.05) is 16.9 Å². The predicted molar refractivity (Wildman–Crippen MR) is 100 cm³/mol. The molecule has 0 spiro atoms. The summed E-state index contributed by atoms with van der Waals surface area (Å²) in [6.07, 6.45) is 0. The minimum absolute atomic E-state index is 0.595. The predicted octanol–water partition coefficient (Wildman–Crippen LogP) is 4.79. The Morgan fingerprint density at radius 3 is 2.16 bits per heavy atom. The van der Waals surface area contributed by atoms with E-state index < -0.39 is 0 Å². The average molecular weight is 337 g/mol. The molecule has 0 aliphatic carbocycles. The summed E-state index contributed by atoms with van der Waals surface area (Å²) in [4.78, 5) is 0. The van der Waals surface area contributed by atoms with Gasteiger partial charge in [-0.05, 0) is 55.8 Å². The molecule has 0 aliphatic rings. The number of aryl methyl sites for hydroxylation is 2. The van der Waals surface area contributed by atoms with E-state index in [9.17, 15) is 0 Å². The molecule has 0 bridgehead atoms. The van der Waals surface area contributed by atoms with E-state index in [1.807, 2.05) is 12.1 Å². The van der Waals surface area contributed by atoms with Gasteiger partial charge in [-0.25, -0.2) is 0 Å². The smallest absolute Gasteiger partial charge is 0.203 e. The number of nitrogens with zero attached hydrogens (tertiary/aromatic N) is 1. The third-order valence-electron chi connectivity index (χ3n) is 4.32. The van der Waals surface area contributed by atoms with Crippen molar-refractivity contribution in [3.63, 3.8) is 0 Å². The topological polar surface area (TPSA) is 32.6 Å². The van der Waals surface area contributed by atoms with Gasteiger partial charge in [0.05, 0.1) is 27.0 Å². The Hall–Kier alpha value is -2.88. The quantitative estimate of drug-likeness (QED) is 0.671. The molecule has 0 saturated carbocycles. The highest BCUT2D eigenvalue weighted by Gasteiger charge is 2.20. The van der Waals surface area contributed by atoms with Crippen LogP contribution in [0.4, 0.5) is 0 Å². The molecule has 4 heteroatoms. The maximum Gasteiger partial charge on any atom is 0.203 e. The van der Waals surface area contributed by atoms with Crippen molar-refractivity contribution in [1.82, 2.24) is 4.57 Å². The Labute approximate surface area is 148 Å². The van der Waals surface area contributed by atoms with Gasteiger partial charge < -0.3 is 18.8 Å². The first-order valence-corrected chi connectivity index (χ1v) is 8.15. The first-order chi connectivity index (χ1) is 12.1. The van der Waals surface area contributed by atoms with Crippen molar-refractivity contribution >= 4 is 0 Å². The molecule has 1 aromatic heterocycles. The van der Waals surface area contributed by atoms with Crippen LogP contribution in [0.15, 0.2) is 48.5 Å². The second kappa shape index (κ2) is 6.93. The number of aromatic nitrogens is 1. The van der Waals surface area contributed by atoms with E-state index in [1.165, 1.54) is 5.56 Å². The van der Waals surface area contributed by atoms with Gasteiger partial charge in [-0.15, -0.1) is 0 Å². The standard InChI is InChI=1S/C21H23NO3/c1-14-7-6-8-16(13-14)22-15(2)9-11-18(22)17-10-12-19(23-3)21(25-5)20(17)24-4/h6-13H,1-5H3. The normalized spacial score (nSPS) is 10.6. The van der Waals surface area contributed by atoms with Gasteiger partial charge in [-0.3, -0.25) is 0 Å². The largest absolute Gasteiger partial charge is 0.493 e. The van der Waals surface area contributed by atoms with Crippen molar-refractivity contribution in [1.29, 1.82) is 0 Å². The third-order valence-corrected chi connectivity index (χ3v) is 4.32. The molecular weight excluding hydrogens is 314 g/mol. The van der Waals surface area contributed by atoms with E-state index in [4.69, 9.17) is 14.2 Å². The van der Waals surface area contributed by atoms with Gasteiger partial charge >= 0.3 is 0 Å². The summed E-state index contributed by atoms with van der Waals surface area (Å²) >= 11 is 0. The number of methoxy groups -OCH3 is 3. The average Bonchev–Trinajstić information content (AvgIpc) is 3.01. The highest BCUT2D eigenvalue weighted by Crippen LogP contribution is 2.45. The zero-order chi connectivity index (χ0) is 18.0. The van der Waals surface area contributed by atoms with Crippen LogP contribution in [0.5, 0.6) is 17.2 Å². The van der Waals surface area contributed by atoms with E-state index in [0.29, 0.717) is 17.2 Å². The van der Waals surface area contributed by atoms with Crippen LogP contribution in [0.2, 0.25) is 0 Å². The Balaban J connectivity index is 2.25. The lowest BCUT2D eigenvalue weighted by atomic mass is 10.1. The highest BCUT2D eigenvalue weighted by atomic mass is 16.5. The van der Waals surface area contributed by atoms with Crippen molar-refractivity contribution < 1.29 is 14.2 Å². The second-order valence-electron chi connectivity index (χ2n) is 5.92. The van der Waals surface area contributed by atoms with Gasteiger partial charge in [0.15, 0.2) is 11.5 Å². The molecule has 3 aromatic rings. The summed E-state index contributed by atoms with van der Waals surface area (Å²) < 4.78 is 18.8. The minimum atomic E-state index is 0.595. The molecule has 0 unspecified atom stereocenters. The summed E-state index contributed by atoms with van der Waals surface area (Å²) in [7, 11) is 4.89. The van der Waals surface area contributed by atoms with Gasteiger partial charge in [-0.2, -0.15) is 0 Å². The number of hydrogen-bond acceptors (Lipinski definition) is 3. The second-order valence-corrected chi connectivity index (χ2v) is 5.92. The number of rotatable bonds is 5. The summed E-state index contributed by atoms with van der Waals surface area (Å²) in [5, 5.41) is 0. The number of hydrogen-bond donors (Lipinski definition) is 0. The zero-order valence-corrected chi connectivity index (χ0v) is 15.3. The van der Waals surface area contributed by atoms with E-state index in [2.05, 4.69) is 54.8 Å². The van der Waals surface area contributed by atoms with Crippen LogP contribution in [0.3, 0.4) is 0 Å². The zero-order valence-electron chi connectivity index (χ0n) is 15.3. The monoisotopic (exact) mass is 337 g/mol. The Kier molecular flexibility index (Phi) is 4.70. The molecule has 1 heterocycles. The van der Waals surface area contributed by atoms with E-state index in [1.54, 1.807) is 21.3 Å². The molecule has 0 N–H and O–H groups in total. The molecule has 25 heavy (non-hydrogen) atoms. The van der Waals surface area contributed by atoms with Crippen molar-refractivity contribution in [3.8, 4) is 34.2 Å². The molecule has 4 nitrogen and oxygen atoms in total. The highest BCUT2D eigenvalue weighted by molar-refractivity contribution is 5.76. The summed E-state index contributed by atoms with van der Waals surface area (Å²) in [6.45, 7) is 4.19. The van der Waals surface area contributed by atoms with Gasteiger partial charge in [0.25, 0.3) is 0 Å². The molecule has 0 fully saturated rings. The summed E-state index contributed by atoms with van der Waals surface area (Å²) in [5.74, 6) is 1.90. The van der Waals surface area contributed by atoms with Crippen molar-refractivity contribution in [3.05, 3.63) is 59.8 Å². The molecular formula is C21H23NO3. The number of benzene rings is 2. The van der Waals surface area contributed by atoms with Crippen molar-refractivity contribution in [2.24, 2.45) is 0 Å². The lowest BCUT2D eigenvalue weighted by Gasteiger charge is -2.18. The first-order valence-electron chi connectivity index (χ1n) is 8.15. The van der Waals surface area contributed by atoms with Crippen LogP contribution in [0.25, 0.3) is 16.9 Å². The molecule has 0 amide bonds. The van der Waals surface area contributed by atoms with Crippen LogP contribution < -0.4 is 14.2 Å². The molecule has 3 rings (SSSR count). The Bertz CT molecular complexity index is 896. The Morgan fingerprint density at radius 1 is 0.760 bits per heavy atom. The van der Waals surface area contributed by atoms with Crippen molar-refractivity contribution in [2.75, 3.05) is 21.3 Å². The molecule has 0 saturated heterocycles. The summed E-state index contributed by atoms with van der Waals surface area (Å²) in [6, 6.07) is 16.6. The van der Waals surface area contributed by atoms with Crippen LogP contribution in [0.1, 0.15) is 11.3 Å². The maximum absolute atomic E-state index is 5.67. The summed E-state index contributed by atoms with van der Waals surface area (Å²) in [5.41, 5.74) is 5.48. The van der Waals surface area contributed by atoms with Gasteiger partial charge in [-0.1, -0.05) is 12.1 Å². The van der Waals surface area contributed by atoms with Crippen LogP contribution >= 0.6 is 0 Å². The van der Waals surface area contributed by atoms with Crippen LogP contribution in [-0.4, -0.2) is 25.9 Å². The molecule has 130 valence electrons. The molecule has 0 atom stereocenters. The maximum atomic E-state index is 5.67. The fourth-order valence-corrected chi connectivity index (χ4v) is 3.16. The van der Waals surface area contributed by atoms with E-state index >= 15 is 0 Å². The SMILES string of the molecule is COc1ccc(-c2ccc(C)n2-c2cccc(C)c2)c(OC)c1OC. The lowest BCUT2D eigenvalue weighted by molar-refractivity contribution is 0.325. The van der Waals surface area contributed by atoms with Crippen LogP contribution in [-0.2, 0) is 0 Å².